The van der Waals surface area contributed by atoms with Gasteiger partial charge in [0, 0.05) is 0 Å². The van der Waals surface area contributed by atoms with E-state index < -0.39 is 15.7 Å². The molecule has 102 valence electrons. The summed E-state index contributed by atoms with van der Waals surface area (Å²) in [6.07, 6.45) is 0. The molecule has 0 heterocycles. The van der Waals surface area contributed by atoms with E-state index in [2.05, 4.69) is 0 Å². The lowest BCUT2D eigenvalue weighted by molar-refractivity contribution is 0.594. The number of halogens is 1. The number of nitriles is 1. The average molecular weight is 290 g/mol. The van der Waals surface area contributed by atoms with Gasteiger partial charge >= 0.3 is 0 Å². The molecule has 20 heavy (non-hydrogen) atoms. The summed E-state index contributed by atoms with van der Waals surface area (Å²) >= 11 is 0. The molecule has 2 aromatic rings. The maximum atomic E-state index is 13.0. The number of benzene rings is 2. The lowest BCUT2D eigenvalue weighted by atomic mass is 10.2. The topological polar surface area (TPSA) is 84.0 Å². The molecule has 0 spiro atoms. The minimum Gasteiger partial charge on any atom is -0.398 e. The Labute approximate surface area is 116 Å². The first-order valence-corrected chi connectivity index (χ1v) is 7.34. The molecule has 0 aliphatic rings. The Morgan fingerprint density at radius 3 is 2.60 bits per heavy atom. The summed E-state index contributed by atoms with van der Waals surface area (Å²) in [7, 11) is -3.69. The number of rotatable bonds is 3. The van der Waals surface area contributed by atoms with E-state index in [4.69, 9.17) is 11.0 Å². The van der Waals surface area contributed by atoms with E-state index in [0.29, 0.717) is 11.1 Å². The summed E-state index contributed by atoms with van der Waals surface area (Å²) < 4.78 is 37.4. The molecule has 0 saturated carbocycles. The van der Waals surface area contributed by atoms with Gasteiger partial charge in [-0.2, -0.15) is 5.26 Å². The Morgan fingerprint density at radius 1 is 1.20 bits per heavy atom. The third-order valence-corrected chi connectivity index (χ3v) is 4.47. The molecule has 0 unspecified atom stereocenters. The fourth-order valence-corrected chi connectivity index (χ4v) is 3.30. The van der Waals surface area contributed by atoms with Crippen LogP contribution < -0.4 is 5.73 Å². The summed E-state index contributed by atoms with van der Waals surface area (Å²) in [6.45, 7) is 0. The molecule has 0 amide bonds. The van der Waals surface area contributed by atoms with E-state index >= 15 is 0 Å². The first-order valence-electron chi connectivity index (χ1n) is 5.69. The highest BCUT2D eigenvalue weighted by atomic mass is 32.2. The van der Waals surface area contributed by atoms with Crippen molar-refractivity contribution in [2.24, 2.45) is 0 Å². The van der Waals surface area contributed by atoms with Gasteiger partial charge in [-0.1, -0.05) is 12.1 Å². The SMILES string of the molecule is N#Cc1cccc(CS(=O)(=O)c2ccc(F)cc2N)c1. The minimum atomic E-state index is -3.69. The molecule has 0 aromatic heterocycles. The maximum Gasteiger partial charge on any atom is 0.184 e. The third kappa shape index (κ3) is 2.95. The molecular weight excluding hydrogens is 279 g/mol. The molecule has 0 saturated heterocycles. The second-order valence-corrected chi connectivity index (χ2v) is 6.21. The predicted molar refractivity (Wildman–Crippen MR) is 72.9 cm³/mol. The molecule has 0 aliphatic carbocycles. The Balaban J connectivity index is 2.38. The van der Waals surface area contributed by atoms with Crippen molar-refractivity contribution in [3.63, 3.8) is 0 Å². The molecule has 6 heteroatoms. The first-order chi connectivity index (χ1) is 9.42. The molecule has 0 aliphatic heterocycles. The second-order valence-electron chi connectivity index (χ2n) is 4.25. The lowest BCUT2D eigenvalue weighted by Gasteiger charge is -2.08. The predicted octanol–water partition coefficient (Wildman–Crippen LogP) is 2.25. The second kappa shape index (κ2) is 5.31. The van der Waals surface area contributed by atoms with Crippen LogP contribution in [0, 0.1) is 17.1 Å². The number of sulfone groups is 1. The maximum absolute atomic E-state index is 13.0. The zero-order valence-electron chi connectivity index (χ0n) is 10.4. The fraction of sp³-hybridized carbons (Fsp3) is 0.0714. The van der Waals surface area contributed by atoms with Crippen molar-refractivity contribution in [2.45, 2.75) is 10.6 Å². The van der Waals surface area contributed by atoms with Gasteiger partial charge in [0.05, 0.1) is 28.0 Å². The quantitative estimate of drug-likeness (QED) is 0.694. The molecule has 0 atom stereocenters. The molecule has 2 N–H and O–H groups in total. The zero-order valence-corrected chi connectivity index (χ0v) is 11.2. The Bertz CT molecular complexity index is 795. The molecule has 2 aromatic carbocycles. The highest BCUT2D eigenvalue weighted by molar-refractivity contribution is 7.90. The van der Waals surface area contributed by atoms with Gasteiger partial charge in [0.2, 0.25) is 0 Å². The monoisotopic (exact) mass is 290 g/mol. The Hall–Kier alpha value is -2.39. The average Bonchev–Trinajstić information content (AvgIpc) is 2.37. The number of nitrogen functional groups attached to an aromatic ring is 1. The van der Waals surface area contributed by atoms with Crippen molar-refractivity contribution >= 4 is 15.5 Å². The van der Waals surface area contributed by atoms with Crippen LogP contribution in [0.2, 0.25) is 0 Å². The molecule has 4 nitrogen and oxygen atoms in total. The summed E-state index contributed by atoms with van der Waals surface area (Å²) in [5, 5.41) is 8.79. The first kappa shape index (κ1) is 14.0. The largest absolute Gasteiger partial charge is 0.398 e. The summed E-state index contributed by atoms with van der Waals surface area (Å²) in [6, 6.07) is 11.4. The van der Waals surface area contributed by atoms with Gasteiger partial charge in [-0.25, -0.2) is 12.8 Å². The van der Waals surface area contributed by atoms with Gasteiger partial charge in [0.1, 0.15) is 5.82 Å². The van der Waals surface area contributed by atoms with Crippen LogP contribution in [0.4, 0.5) is 10.1 Å². The van der Waals surface area contributed by atoms with Crippen LogP contribution in [0.25, 0.3) is 0 Å². The molecule has 2 rings (SSSR count). The van der Waals surface area contributed by atoms with Crippen molar-refractivity contribution in [3.8, 4) is 6.07 Å². The number of hydrogen-bond donors (Lipinski definition) is 1. The van der Waals surface area contributed by atoms with E-state index in [1.807, 2.05) is 6.07 Å². The number of nitrogens with two attached hydrogens (primary N) is 1. The van der Waals surface area contributed by atoms with Crippen molar-refractivity contribution in [1.29, 1.82) is 5.26 Å². The Morgan fingerprint density at radius 2 is 1.95 bits per heavy atom. The molecular formula is C14H11FN2O2S. The fourth-order valence-electron chi connectivity index (χ4n) is 1.83. The molecule has 0 radical (unpaired) electrons. The van der Waals surface area contributed by atoms with Gasteiger partial charge in [-0.3, -0.25) is 0 Å². The van der Waals surface area contributed by atoms with Gasteiger partial charge in [0.25, 0.3) is 0 Å². The smallest absolute Gasteiger partial charge is 0.184 e. The normalized spacial score (nSPS) is 11.0. The van der Waals surface area contributed by atoms with Crippen molar-refractivity contribution < 1.29 is 12.8 Å². The van der Waals surface area contributed by atoms with Crippen molar-refractivity contribution in [3.05, 3.63) is 59.4 Å². The van der Waals surface area contributed by atoms with Crippen LogP contribution in [-0.2, 0) is 15.6 Å². The van der Waals surface area contributed by atoms with Crippen LogP contribution in [-0.4, -0.2) is 8.42 Å². The Kier molecular flexibility index (Phi) is 3.72. The highest BCUT2D eigenvalue weighted by Crippen LogP contribution is 2.23. The van der Waals surface area contributed by atoms with E-state index in [-0.39, 0.29) is 16.3 Å². The van der Waals surface area contributed by atoms with E-state index in [9.17, 15) is 12.8 Å². The summed E-state index contributed by atoms with van der Waals surface area (Å²) in [5.74, 6) is -0.883. The van der Waals surface area contributed by atoms with Gasteiger partial charge in [-0.15, -0.1) is 0 Å². The number of anilines is 1. The third-order valence-electron chi connectivity index (χ3n) is 2.72. The van der Waals surface area contributed by atoms with Crippen molar-refractivity contribution in [1.82, 2.24) is 0 Å². The summed E-state index contributed by atoms with van der Waals surface area (Å²) in [4.78, 5) is -0.110. The van der Waals surface area contributed by atoms with Crippen LogP contribution in [0.15, 0.2) is 47.4 Å². The number of hydrogen-bond acceptors (Lipinski definition) is 4. The summed E-state index contributed by atoms with van der Waals surface area (Å²) in [5.41, 5.74) is 6.28. The molecule has 0 fully saturated rings. The van der Waals surface area contributed by atoms with Gasteiger partial charge in [0.15, 0.2) is 9.84 Å². The van der Waals surface area contributed by atoms with Crippen LogP contribution >= 0.6 is 0 Å². The van der Waals surface area contributed by atoms with Gasteiger partial charge in [-0.05, 0) is 35.9 Å². The van der Waals surface area contributed by atoms with Crippen molar-refractivity contribution in [2.75, 3.05) is 5.73 Å². The zero-order chi connectivity index (χ0) is 14.8. The van der Waals surface area contributed by atoms with E-state index in [1.165, 1.54) is 6.07 Å². The minimum absolute atomic E-state index is 0.110. The van der Waals surface area contributed by atoms with E-state index in [1.54, 1.807) is 18.2 Å². The van der Waals surface area contributed by atoms with Crippen LogP contribution in [0.1, 0.15) is 11.1 Å². The van der Waals surface area contributed by atoms with Crippen LogP contribution in [0.5, 0.6) is 0 Å². The molecule has 0 bridgehead atoms. The standard InChI is InChI=1S/C14H11FN2O2S/c15-12-4-5-14(13(17)7-12)20(18,19)9-11-3-1-2-10(6-11)8-16/h1-7H,9,17H2. The highest BCUT2D eigenvalue weighted by Gasteiger charge is 2.19. The lowest BCUT2D eigenvalue weighted by Crippen LogP contribution is -2.08. The van der Waals surface area contributed by atoms with E-state index in [0.717, 1.165) is 18.2 Å². The van der Waals surface area contributed by atoms with Gasteiger partial charge < -0.3 is 5.73 Å². The van der Waals surface area contributed by atoms with Crippen LogP contribution in [0.3, 0.4) is 0 Å². The number of nitrogens with zero attached hydrogens (tertiary/aromatic N) is 1.